The fourth-order valence-corrected chi connectivity index (χ4v) is 5.71. The molecule has 1 aliphatic carbocycles. The van der Waals surface area contributed by atoms with Crippen LogP contribution in [0.15, 0.2) is 4.99 Å². The molecule has 0 aromatic carbocycles. The van der Waals surface area contributed by atoms with Crippen LogP contribution in [0.25, 0.3) is 0 Å². The van der Waals surface area contributed by atoms with Gasteiger partial charge < -0.3 is 10.2 Å². The summed E-state index contributed by atoms with van der Waals surface area (Å²) in [6, 6.07) is 0. The minimum Gasteiger partial charge on any atom is -0.356 e. The first-order valence-corrected chi connectivity index (χ1v) is 11.7. The van der Waals surface area contributed by atoms with Crippen molar-refractivity contribution in [2.24, 2.45) is 16.3 Å². The van der Waals surface area contributed by atoms with Crippen molar-refractivity contribution in [1.29, 1.82) is 0 Å². The number of rotatable bonds is 3. The van der Waals surface area contributed by atoms with Gasteiger partial charge in [-0.05, 0) is 43.4 Å². The Bertz CT molecular complexity index is 582. The summed E-state index contributed by atoms with van der Waals surface area (Å²) in [6.07, 6.45) is 11.4. The topological polar surface area (TPSA) is 65.0 Å². The highest BCUT2D eigenvalue weighted by atomic mass is 127. The molecule has 0 atom stereocenters. The molecule has 1 spiro atoms. The summed E-state index contributed by atoms with van der Waals surface area (Å²) in [4.78, 5) is 6.95. The van der Waals surface area contributed by atoms with Crippen molar-refractivity contribution in [2.75, 3.05) is 46.0 Å². The quantitative estimate of drug-likeness (QED) is 0.369. The van der Waals surface area contributed by atoms with E-state index in [1.165, 1.54) is 44.8 Å². The van der Waals surface area contributed by atoms with Crippen molar-refractivity contribution in [3.8, 4) is 0 Å². The second kappa shape index (κ2) is 9.41. The van der Waals surface area contributed by atoms with Crippen LogP contribution >= 0.6 is 24.0 Å². The van der Waals surface area contributed by atoms with Gasteiger partial charge in [-0.2, -0.15) is 0 Å². The van der Waals surface area contributed by atoms with E-state index in [1.807, 2.05) is 7.05 Å². The average Bonchev–Trinajstić information content (AvgIpc) is 2.99. The molecule has 1 N–H and O–H groups in total. The van der Waals surface area contributed by atoms with Gasteiger partial charge in [0.2, 0.25) is 10.0 Å². The predicted octanol–water partition coefficient (Wildman–Crippen LogP) is 2.51. The molecule has 6 nitrogen and oxygen atoms in total. The van der Waals surface area contributed by atoms with Crippen molar-refractivity contribution in [3.05, 3.63) is 0 Å². The van der Waals surface area contributed by atoms with Crippen LogP contribution in [-0.2, 0) is 10.0 Å². The third-order valence-electron chi connectivity index (χ3n) is 6.46. The van der Waals surface area contributed by atoms with Crippen LogP contribution in [0, 0.1) is 11.3 Å². The highest BCUT2D eigenvalue weighted by molar-refractivity contribution is 14.0. The summed E-state index contributed by atoms with van der Waals surface area (Å²) in [6.45, 7) is 4.46. The summed E-state index contributed by atoms with van der Waals surface area (Å²) < 4.78 is 24.8. The Labute approximate surface area is 176 Å². The zero-order valence-electron chi connectivity index (χ0n) is 16.2. The van der Waals surface area contributed by atoms with Crippen LogP contribution < -0.4 is 5.32 Å². The lowest BCUT2D eigenvalue weighted by atomic mass is 9.73. The number of likely N-dealkylation sites (tertiary alicyclic amines) is 1. The molecule has 8 heteroatoms. The molecule has 1 saturated carbocycles. The zero-order valence-corrected chi connectivity index (χ0v) is 19.4. The van der Waals surface area contributed by atoms with E-state index in [1.54, 1.807) is 4.31 Å². The van der Waals surface area contributed by atoms with E-state index in [9.17, 15) is 8.42 Å². The number of nitrogens with zero attached hydrogens (tertiary/aromatic N) is 3. The third kappa shape index (κ3) is 5.47. The summed E-state index contributed by atoms with van der Waals surface area (Å²) in [5, 5.41) is 3.56. The van der Waals surface area contributed by atoms with Gasteiger partial charge in [-0.25, -0.2) is 12.7 Å². The van der Waals surface area contributed by atoms with Crippen LogP contribution in [-0.4, -0.2) is 69.6 Å². The lowest BCUT2D eigenvalue weighted by Gasteiger charge is -2.34. The molecule has 3 aliphatic rings. The molecule has 26 heavy (non-hydrogen) atoms. The second-order valence-corrected chi connectivity index (χ2v) is 10.2. The molecule has 0 bridgehead atoms. The van der Waals surface area contributed by atoms with Gasteiger partial charge in [0.1, 0.15) is 0 Å². The van der Waals surface area contributed by atoms with Crippen molar-refractivity contribution < 1.29 is 8.42 Å². The van der Waals surface area contributed by atoms with Crippen molar-refractivity contribution >= 4 is 40.0 Å². The Morgan fingerprint density at radius 1 is 1.12 bits per heavy atom. The lowest BCUT2D eigenvalue weighted by molar-refractivity contribution is 0.203. The zero-order chi connectivity index (χ0) is 17.9. The van der Waals surface area contributed by atoms with Gasteiger partial charge in [0.05, 0.1) is 6.26 Å². The monoisotopic (exact) mass is 498 g/mol. The first-order valence-electron chi connectivity index (χ1n) is 9.83. The van der Waals surface area contributed by atoms with E-state index in [-0.39, 0.29) is 24.0 Å². The van der Waals surface area contributed by atoms with Gasteiger partial charge in [0.25, 0.3) is 0 Å². The van der Waals surface area contributed by atoms with E-state index < -0.39 is 10.0 Å². The standard InChI is InChI=1S/C18H34N4O2S.HI/c1-19-17(21-13-10-18(15-21)8-4-3-5-9-18)20-14-16-6-11-22(12-7-16)25(2,23)24;/h16H,3-15H2,1-2H3,(H,19,20);1H. The van der Waals surface area contributed by atoms with Crippen LogP contribution in [0.5, 0.6) is 0 Å². The Morgan fingerprint density at radius 3 is 2.35 bits per heavy atom. The molecule has 0 aromatic rings. The Kier molecular flexibility index (Phi) is 8.03. The maximum absolute atomic E-state index is 11.6. The minimum absolute atomic E-state index is 0. The number of sulfonamides is 1. The Balaban J connectivity index is 0.00000243. The van der Waals surface area contributed by atoms with Gasteiger partial charge in [-0.3, -0.25) is 4.99 Å². The fraction of sp³-hybridized carbons (Fsp3) is 0.944. The molecule has 0 unspecified atom stereocenters. The summed E-state index contributed by atoms with van der Waals surface area (Å²) in [5.41, 5.74) is 0.538. The van der Waals surface area contributed by atoms with Crippen molar-refractivity contribution in [3.63, 3.8) is 0 Å². The number of nitrogens with one attached hydrogen (secondary N) is 1. The van der Waals surface area contributed by atoms with Crippen LogP contribution in [0.4, 0.5) is 0 Å². The summed E-state index contributed by atoms with van der Waals surface area (Å²) in [5.74, 6) is 1.56. The number of aliphatic imine (C=N–C) groups is 1. The second-order valence-electron chi connectivity index (χ2n) is 8.27. The number of hydrogen-bond donors (Lipinski definition) is 1. The van der Waals surface area contributed by atoms with Gasteiger partial charge in [-0.1, -0.05) is 19.3 Å². The molecule has 3 fully saturated rings. The number of guanidine groups is 1. The predicted molar refractivity (Wildman–Crippen MR) is 118 cm³/mol. The van der Waals surface area contributed by atoms with Gasteiger partial charge >= 0.3 is 0 Å². The molecule has 0 aromatic heterocycles. The lowest BCUT2D eigenvalue weighted by Crippen LogP contribution is -2.45. The molecule has 152 valence electrons. The molecule has 3 rings (SSSR count). The van der Waals surface area contributed by atoms with Crippen molar-refractivity contribution in [2.45, 2.75) is 51.4 Å². The first kappa shape index (κ1) is 22.2. The minimum atomic E-state index is -3.03. The SMILES string of the molecule is CN=C(NCC1CCN(S(C)(=O)=O)CC1)N1CCC2(CCCCC2)C1.I. The fourth-order valence-electron chi connectivity index (χ4n) is 4.84. The van der Waals surface area contributed by atoms with E-state index >= 15 is 0 Å². The Morgan fingerprint density at radius 2 is 1.77 bits per heavy atom. The van der Waals surface area contributed by atoms with E-state index in [4.69, 9.17) is 0 Å². The van der Waals surface area contributed by atoms with Crippen LogP contribution in [0.2, 0.25) is 0 Å². The third-order valence-corrected chi connectivity index (χ3v) is 7.76. The molecule has 2 saturated heterocycles. The smallest absolute Gasteiger partial charge is 0.211 e. The highest BCUT2D eigenvalue weighted by Gasteiger charge is 2.39. The first-order chi connectivity index (χ1) is 11.9. The van der Waals surface area contributed by atoms with E-state index in [2.05, 4.69) is 15.2 Å². The van der Waals surface area contributed by atoms with Gasteiger partial charge in [0.15, 0.2) is 5.96 Å². The molecule has 2 aliphatic heterocycles. The maximum atomic E-state index is 11.6. The van der Waals surface area contributed by atoms with Crippen LogP contribution in [0.3, 0.4) is 0 Å². The van der Waals surface area contributed by atoms with E-state index in [0.717, 1.165) is 38.4 Å². The van der Waals surface area contributed by atoms with E-state index in [0.29, 0.717) is 24.4 Å². The molecular weight excluding hydrogens is 463 g/mol. The summed E-state index contributed by atoms with van der Waals surface area (Å²) in [7, 11) is -1.16. The Hall–Kier alpha value is -0.0900. The maximum Gasteiger partial charge on any atom is 0.211 e. The molecule has 0 radical (unpaired) electrons. The average molecular weight is 498 g/mol. The highest BCUT2D eigenvalue weighted by Crippen LogP contribution is 2.43. The van der Waals surface area contributed by atoms with Gasteiger partial charge in [-0.15, -0.1) is 24.0 Å². The molecule has 0 amide bonds. The number of piperidine rings is 1. The van der Waals surface area contributed by atoms with Crippen molar-refractivity contribution in [1.82, 2.24) is 14.5 Å². The largest absolute Gasteiger partial charge is 0.356 e. The molecule has 2 heterocycles. The molecular formula is C18H35IN4O2S. The normalized spacial score (nSPS) is 25.3. The number of halogens is 1. The summed E-state index contributed by atoms with van der Waals surface area (Å²) >= 11 is 0. The number of hydrogen-bond acceptors (Lipinski definition) is 3. The van der Waals surface area contributed by atoms with Crippen LogP contribution in [0.1, 0.15) is 51.4 Å². The van der Waals surface area contributed by atoms with Gasteiger partial charge in [0, 0.05) is 39.8 Å².